The lowest BCUT2D eigenvalue weighted by molar-refractivity contribution is 0.0378. The van der Waals surface area contributed by atoms with Gasteiger partial charge in [0.1, 0.15) is 17.1 Å². The normalized spacial score (nSPS) is 13.8. The highest BCUT2D eigenvalue weighted by Gasteiger charge is 2.27. The maximum Gasteiger partial charge on any atom is 0.191 e. The number of aliphatic imine (C=N–C) groups is 1. The molecule has 1 heterocycles. The summed E-state index contributed by atoms with van der Waals surface area (Å²) >= 11 is 0. The van der Waals surface area contributed by atoms with Crippen LogP contribution in [0.1, 0.15) is 30.9 Å². The molecule has 132 valence electrons. The number of hydrogen-bond acceptors (Lipinski definition) is 3. The lowest BCUT2D eigenvalue weighted by Crippen LogP contribution is -2.44. The molecule has 0 spiro atoms. The van der Waals surface area contributed by atoms with Gasteiger partial charge in [-0.1, -0.05) is 30.3 Å². The van der Waals surface area contributed by atoms with Gasteiger partial charge in [-0.3, -0.25) is 0 Å². The van der Waals surface area contributed by atoms with Crippen LogP contribution in [0.4, 0.5) is 0 Å². The van der Waals surface area contributed by atoms with Crippen LogP contribution in [0.3, 0.4) is 0 Å². The number of guanidine groups is 1. The minimum Gasteiger partial charge on any atom is -0.463 e. The first kappa shape index (κ1) is 20.5. The van der Waals surface area contributed by atoms with E-state index in [-0.39, 0.29) is 24.0 Å². The Morgan fingerprint density at radius 1 is 1.17 bits per heavy atom. The molecule has 1 atom stereocenters. The predicted molar refractivity (Wildman–Crippen MR) is 108 cm³/mol. The van der Waals surface area contributed by atoms with Gasteiger partial charge in [0.05, 0.1) is 13.1 Å². The number of nitrogens with one attached hydrogen (secondary N) is 2. The molecule has 0 bridgehead atoms. The van der Waals surface area contributed by atoms with E-state index in [9.17, 15) is 5.11 Å². The molecule has 2 aromatic rings. The second kappa shape index (κ2) is 9.68. The fourth-order valence-corrected chi connectivity index (χ4v) is 2.16. The molecule has 0 fully saturated rings. The molecule has 2 rings (SSSR count). The van der Waals surface area contributed by atoms with E-state index in [1.165, 1.54) is 0 Å². The minimum absolute atomic E-state index is 0. The molecule has 1 unspecified atom stereocenters. The molecule has 0 aliphatic heterocycles. The van der Waals surface area contributed by atoms with Crippen LogP contribution < -0.4 is 10.6 Å². The molecule has 0 saturated carbocycles. The van der Waals surface area contributed by atoms with Crippen molar-refractivity contribution in [3.05, 3.63) is 59.5 Å². The lowest BCUT2D eigenvalue weighted by Gasteiger charge is -2.22. The zero-order chi connectivity index (χ0) is 16.7. The fourth-order valence-electron chi connectivity index (χ4n) is 2.16. The highest BCUT2D eigenvalue weighted by molar-refractivity contribution is 14.0. The van der Waals surface area contributed by atoms with Gasteiger partial charge in [-0.05, 0) is 38.5 Å². The van der Waals surface area contributed by atoms with E-state index in [2.05, 4.69) is 15.6 Å². The van der Waals surface area contributed by atoms with Crippen LogP contribution in [0.15, 0.2) is 51.9 Å². The summed E-state index contributed by atoms with van der Waals surface area (Å²) in [6.07, 6.45) is 0. The molecule has 1 aromatic heterocycles. The summed E-state index contributed by atoms with van der Waals surface area (Å²) in [7, 11) is 0. The zero-order valence-electron chi connectivity index (χ0n) is 14.4. The Hall–Kier alpha value is -1.54. The van der Waals surface area contributed by atoms with E-state index in [0.717, 1.165) is 17.9 Å². The Morgan fingerprint density at radius 3 is 2.46 bits per heavy atom. The highest BCUT2D eigenvalue weighted by atomic mass is 127. The summed E-state index contributed by atoms with van der Waals surface area (Å²) in [5.41, 5.74) is 0.0371. The van der Waals surface area contributed by atoms with Crippen LogP contribution in [-0.2, 0) is 12.1 Å². The monoisotopic (exact) mass is 443 g/mol. The quantitative estimate of drug-likeness (QED) is 0.365. The maximum absolute atomic E-state index is 10.6. The van der Waals surface area contributed by atoms with Crippen molar-refractivity contribution in [3.63, 3.8) is 0 Å². The van der Waals surface area contributed by atoms with Crippen LogP contribution in [0.2, 0.25) is 0 Å². The number of rotatable bonds is 6. The summed E-state index contributed by atoms with van der Waals surface area (Å²) in [5.74, 6) is 1.99. The van der Waals surface area contributed by atoms with Crippen molar-refractivity contribution in [1.29, 1.82) is 0 Å². The van der Waals surface area contributed by atoms with E-state index in [4.69, 9.17) is 4.42 Å². The lowest BCUT2D eigenvalue weighted by atomic mass is 10.0. The number of halogens is 1. The van der Waals surface area contributed by atoms with Crippen molar-refractivity contribution < 1.29 is 9.52 Å². The molecule has 3 N–H and O–H groups in total. The zero-order valence-corrected chi connectivity index (χ0v) is 16.7. The molecule has 0 aliphatic rings. The van der Waals surface area contributed by atoms with Gasteiger partial charge < -0.3 is 20.2 Å². The number of aliphatic hydroxyl groups is 1. The Morgan fingerprint density at radius 2 is 1.88 bits per heavy atom. The SMILES string of the molecule is CCNC(=NCc1ccccc1)NCC(C)(O)c1ccc(C)o1.I. The number of aryl methyl sites for hydroxylation is 1. The van der Waals surface area contributed by atoms with E-state index >= 15 is 0 Å². The van der Waals surface area contributed by atoms with Gasteiger partial charge >= 0.3 is 0 Å². The van der Waals surface area contributed by atoms with Gasteiger partial charge in [-0.25, -0.2) is 4.99 Å². The van der Waals surface area contributed by atoms with Crippen molar-refractivity contribution in [1.82, 2.24) is 10.6 Å². The third-order valence-corrected chi connectivity index (χ3v) is 3.48. The first-order chi connectivity index (χ1) is 11.0. The molecule has 24 heavy (non-hydrogen) atoms. The highest BCUT2D eigenvalue weighted by Crippen LogP contribution is 2.21. The van der Waals surface area contributed by atoms with Crippen molar-refractivity contribution >= 4 is 29.9 Å². The van der Waals surface area contributed by atoms with Crippen molar-refractivity contribution in [3.8, 4) is 0 Å². The van der Waals surface area contributed by atoms with Crippen LogP contribution in [-0.4, -0.2) is 24.2 Å². The van der Waals surface area contributed by atoms with E-state index < -0.39 is 5.60 Å². The third-order valence-electron chi connectivity index (χ3n) is 3.48. The molecule has 6 heteroatoms. The first-order valence-electron chi connectivity index (χ1n) is 7.86. The molecular formula is C18H26IN3O2. The predicted octanol–water partition coefficient (Wildman–Crippen LogP) is 3.17. The summed E-state index contributed by atoms with van der Waals surface area (Å²) in [4.78, 5) is 4.54. The average Bonchev–Trinajstić information content (AvgIpc) is 2.98. The summed E-state index contributed by atoms with van der Waals surface area (Å²) in [6, 6.07) is 13.7. The Labute approximate surface area is 160 Å². The van der Waals surface area contributed by atoms with Gasteiger partial charge in [0.15, 0.2) is 5.96 Å². The smallest absolute Gasteiger partial charge is 0.191 e. The van der Waals surface area contributed by atoms with Crippen molar-refractivity contribution in [2.75, 3.05) is 13.1 Å². The first-order valence-corrected chi connectivity index (χ1v) is 7.86. The fraction of sp³-hybridized carbons (Fsp3) is 0.389. The van der Waals surface area contributed by atoms with Crippen LogP contribution in [0, 0.1) is 6.92 Å². The van der Waals surface area contributed by atoms with Gasteiger partial charge in [0.25, 0.3) is 0 Å². The topological polar surface area (TPSA) is 69.8 Å². The Bertz CT molecular complexity index is 639. The standard InChI is InChI=1S/C18H25N3O2.HI/c1-4-19-17(20-12-15-8-6-5-7-9-15)21-13-18(3,22)16-11-10-14(2)23-16;/h5-11,22H,4,12-13H2,1-3H3,(H2,19,20,21);1H. The minimum atomic E-state index is -1.10. The van der Waals surface area contributed by atoms with Crippen molar-refractivity contribution in [2.45, 2.75) is 32.9 Å². The third kappa shape index (κ3) is 6.16. The van der Waals surface area contributed by atoms with Gasteiger partial charge in [0, 0.05) is 6.54 Å². The van der Waals surface area contributed by atoms with Gasteiger partial charge in [-0.2, -0.15) is 0 Å². The molecule has 5 nitrogen and oxygen atoms in total. The molecule has 0 amide bonds. The molecule has 0 aliphatic carbocycles. The second-order valence-corrected chi connectivity index (χ2v) is 5.72. The van der Waals surface area contributed by atoms with Gasteiger partial charge in [0.2, 0.25) is 0 Å². The van der Waals surface area contributed by atoms with Gasteiger partial charge in [-0.15, -0.1) is 24.0 Å². The van der Waals surface area contributed by atoms with E-state index in [1.807, 2.05) is 50.2 Å². The van der Waals surface area contributed by atoms with Crippen molar-refractivity contribution in [2.24, 2.45) is 4.99 Å². The van der Waals surface area contributed by atoms with E-state index in [1.54, 1.807) is 13.0 Å². The largest absolute Gasteiger partial charge is 0.463 e. The Kier molecular flexibility index (Phi) is 8.27. The summed E-state index contributed by atoms with van der Waals surface area (Å²) in [6.45, 7) is 7.23. The van der Waals surface area contributed by atoms with Crippen LogP contribution in [0.25, 0.3) is 0 Å². The molecular weight excluding hydrogens is 417 g/mol. The van der Waals surface area contributed by atoms with Crippen LogP contribution >= 0.6 is 24.0 Å². The number of nitrogens with zero attached hydrogens (tertiary/aromatic N) is 1. The number of hydrogen-bond donors (Lipinski definition) is 3. The summed E-state index contributed by atoms with van der Waals surface area (Å²) < 4.78 is 5.52. The molecule has 1 aromatic carbocycles. The number of benzene rings is 1. The summed E-state index contributed by atoms with van der Waals surface area (Å²) in [5, 5.41) is 16.9. The molecule has 0 saturated heterocycles. The van der Waals surface area contributed by atoms with Crippen LogP contribution in [0.5, 0.6) is 0 Å². The second-order valence-electron chi connectivity index (χ2n) is 5.72. The number of furan rings is 1. The molecule has 0 radical (unpaired) electrons. The average molecular weight is 443 g/mol. The Balaban J connectivity index is 0.00000288. The maximum atomic E-state index is 10.6. The van der Waals surface area contributed by atoms with E-state index in [0.29, 0.717) is 24.8 Å².